The topological polar surface area (TPSA) is 24.9 Å². The van der Waals surface area contributed by atoms with E-state index in [2.05, 4.69) is 60.2 Å². The molecular formula is C15H19BrN2. The average Bonchev–Trinajstić information content (AvgIpc) is 2.35. The van der Waals surface area contributed by atoms with E-state index in [-0.39, 0.29) is 0 Å². The number of nitrogens with one attached hydrogen (secondary N) is 1. The number of fused-ring (bicyclic) bond motifs is 1. The molecule has 0 atom stereocenters. The van der Waals surface area contributed by atoms with E-state index in [0.29, 0.717) is 0 Å². The maximum absolute atomic E-state index is 4.80. The Bertz CT molecular complexity index is 564. The van der Waals surface area contributed by atoms with Gasteiger partial charge in [0.05, 0.1) is 5.52 Å². The third kappa shape index (κ3) is 2.51. The summed E-state index contributed by atoms with van der Waals surface area (Å²) < 4.78 is 1.12. The predicted molar refractivity (Wildman–Crippen MR) is 82.3 cm³/mol. The molecule has 1 aromatic carbocycles. The van der Waals surface area contributed by atoms with Gasteiger partial charge in [-0.1, -0.05) is 29.3 Å². The smallest absolute Gasteiger partial charge is 0.0766 e. The first-order chi connectivity index (χ1) is 8.67. The lowest BCUT2D eigenvalue weighted by molar-refractivity contribution is 0.889. The molecule has 1 heterocycles. The second kappa shape index (κ2) is 5.70. The third-order valence-corrected chi connectivity index (χ3v) is 3.95. The van der Waals surface area contributed by atoms with Crippen LogP contribution in [-0.2, 0) is 6.42 Å². The molecule has 0 amide bonds. The second-order valence-electron chi connectivity index (χ2n) is 4.51. The van der Waals surface area contributed by atoms with Gasteiger partial charge >= 0.3 is 0 Å². The van der Waals surface area contributed by atoms with Crippen LogP contribution in [0.1, 0.15) is 31.5 Å². The number of halogens is 1. The minimum Gasteiger partial charge on any atom is -0.385 e. The Hall–Kier alpha value is -1.09. The Morgan fingerprint density at radius 1 is 1.28 bits per heavy atom. The summed E-state index contributed by atoms with van der Waals surface area (Å²) in [6.45, 7) is 7.36. The molecule has 1 aromatic heterocycles. The number of aromatic nitrogens is 1. The molecule has 0 saturated heterocycles. The number of aryl methyl sites for hydroxylation is 2. The van der Waals surface area contributed by atoms with Crippen molar-refractivity contribution in [1.82, 2.24) is 4.98 Å². The average molecular weight is 307 g/mol. The molecule has 0 saturated carbocycles. The largest absolute Gasteiger partial charge is 0.385 e. The van der Waals surface area contributed by atoms with Crippen molar-refractivity contribution in [3.63, 3.8) is 0 Å². The molecule has 2 aromatic rings. The molecule has 0 aliphatic carbocycles. The molecule has 2 rings (SSSR count). The molecule has 1 N–H and O–H groups in total. The van der Waals surface area contributed by atoms with Crippen LogP contribution in [-0.4, -0.2) is 11.5 Å². The maximum Gasteiger partial charge on any atom is 0.0766 e. The number of anilines is 1. The van der Waals surface area contributed by atoms with Gasteiger partial charge < -0.3 is 5.32 Å². The van der Waals surface area contributed by atoms with E-state index in [1.165, 1.54) is 22.3 Å². The number of nitrogens with zero attached hydrogens (tertiary/aromatic N) is 1. The van der Waals surface area contributed by atoms with Crippen LogP contribution in [0.2, 0.25) is 0 Å². The zero-order valence-corrected chi connectivity index (χ0v) is 12.8. The lowest BCUT2D eigenvalue weighted by Crippen LogP contribution is -2.01. The van der Waals surface area contributed by atoms with Gasteiger partial charge in [0.25, 0.3) is 0 Å². The summed E-state index contributed by atoms with van der Waals surface area (Å²) in [7, 11) is 0. The van der Waals surface area contributed by atoms with E-state index in [1.807, 2.05) is 0 Å². The van der Waals surface area contributed by atoms with Crippen molar-refractivity contribution in [3.8, 4) is 0 Å². The summed E-state index contributed by atoms with van der Waals surface area (Å²) in [4.78, 5) is 4.80. The first-order valence-corrected chi connectivity index (χ1v) is 7.29. The normalized spacial score (nSPS) is 10.9. The molecule has 0 fully saturated rings. The summed E-state index contributed by atoms with van der Waals surface area (Å²) in [6.07, 6.45) is 2.15. The van der Waals surface area contributed by atoms with Crippen molar-refractivity contribution in [3.05, 3.63) is 33.9 Å². The highest BCUT2D eigenvalue weighted by Gasteiger charge is 2.09. The van der Waals surface area contributed by atoms with Crippen molar-refractivity contribution in [2.45, 2.75) is 33.6 Å². The van der Waals surface area contributed by atoms with Gasteiger partial charge in [0.2, 0.25) is 0 Å². The Morgan fingerprint density at radius 3 is 2.72 bits per heavy atom. The standard InChI is InChI=1S/C15H19BrN2/c1-4-6-11-9-14(17-5-2)12-7-8-13(16)10(3)15(12)18-11/h7-9H,4-6H2,1-3H3,(H,17,18). The molecule has 0 bridgehead atoms. The molecule has 0 aliphatic rings. The monoisotopic (exact) mass is 306 g/mol. The highest BCUT2D eigenvalue weighted by atomic mass is 79.9. The van der Waals surface area contributed by atoms with Gasteiger partial charge in [0.15, 0.2) is 0 Å². The quantitative estimate of drug-likeness (QED) is 0.886. The minimum absolute atomic E-state index is 0.930. The molecule has 18 heavy (non-hydrogen) atoms. The van der Waals surface area contributed by atoms with E-state index in [9.17, 15) is 0 Å². The zero-order valence-electron chi connectivity index (χ0n) is 11.2. The van der Waals surface area contributed by atoms with Gasteiger partial charge in [-0.15, -0.1) is 0 Å². The summed E-state index contributed by atoms with van der Waals surface area (Å²) in [5.74, 6) is 0. The second-order valence-corrected chi connectivity index (χ2v) is 5.36. The molecule has 0 spiro atoms. The fourth-order valence-corrected chi connectivity index (χ4v) is 2.50. The highest BCUT2D eigenvalue weighted by Crippen LogP contribution is 2.30. The van der Waals surface area contributed by atoms with Crippen LogP contribution >= 0.6 is 15.9 Å². The molecule has 3 heteroatoms. The van der Waals surface area contributed by atoms with Crippen LogP contribution in [0.3, 0.4) is 0 Å². The van der Waals surface area contributed by atoms with E-state index in [1.54, 1.807) is 0 Å². The number of hydrogen-bond donors (Lipinski definition) is 1. The Labute approximate surface area is 117 Å². The lowest BCUT2D eigenvalue weighted by Gasteiger charge is -2.12. The molecule has 2 nitrogen and oxygen atoms in total. The first-order valence-electron chi connectivity index (χ1n) is 6.50. The number of hydrogen-bond acceptors (Lipinski definition) is 2. The molecule has 96 valence electrons. The Morgan fingerprint density at radius 2 is 2.06 bits per heavy atom. The van der Waals surface area contributed by atoms with Crippen LogP contribution in [0.4, 0.5) is 5.69 Å². The van der Waals surface area contributed by atoms with Crippen LogP contribution < -0.4 is 5.32 Å². The fourth-order valence-electron chi connectivity index (χ4n) is 2.18. The van der Waals surface area contributed by atoms with E-state index in [4.69, 9.17) is 4.98 Å². The molecule has 0 unspecified atom stereocenters. The zero-order chi connectivity index (χ0) is 13.1. The van der Waals surface area contributed by atoms with Gasteiger partial charge in [-0.25, -0.2) is 0 Å². The van der Waals surface area contributed by atoms with Gasteiger partial charge in [-0.3, -0.25) is 4.98 Å². The van der Waals surface area contributed by atoms with Crippen molar-refractivity contribution < 1.29 is 0 Å². The first kappa shape index (κ1) is 13.3. The SMILES string of the molecule is CCCc1cc(NCC)c2ccc(Br)c(C)c2n1. The van der Waals surface area contributed by atoms with Crippen molar-refractivity contribution in [2.24, 2.45) is 0 Å². The van der Waals surface area contributed by atoms with E-state index in [0.717, 1.165) is 29.4 Å². The molecule has 0 radical (unpaired) electrons. The van der Waals surface area contributed by atoms with Crippen LogP contribution in [0.15, 0.2) is 22.7 Å². The number of pyridine rings is 1. The summed E-state index contributed by atoms with van der Waals surface area (Å²) in [6, 6.07) is 6.41. The molecule has 0 aliphatic heterocycles. The predicted octanol–water partition coefficient (Wildman–Crippen LogP) is 4.69. The van der Waals surface area contributed by atoms with Crippen molar-refractivity contribution in [1.29, 1.82) is 0 Å². The Kier molecular flexibility index (Phi) is 4.23. The number of rotatable bonds is 4. The summed E-state index contributed by atoms with van der Waals surface area (Å²) in [5, 5.41) is 4.65. The highest BCUT2D eigenvalue weighted by molar-refractivity contribution is 9.10. The van der Waals surface area contributed by atoms with Gasteiger partial charge in [-0.2, -0.15) is 0 Å². The number of benzene rings is 1. The lowest BCUT2D eigenvalue weighted by atomic mass is 10.1. The fraction of sp³-hybridized carbons (Fsp3) is 0.400. The molecular weight excluding hydrogens is 288 g/mol. The van der Waals surface area contributed by atoms with Crippen molar-refractivity contribution >= 4 is 32.5 Å². The van der Waals surface area contributed by atoms with Gasteiger partial charge in [0, 0.05) is 27.8 Å². The van der Waals surface area contributed by atoms with Crippen LogP contribution in [0.25, 0.3) is 10.9 Å². The third-order valence-electron chi connectivity index (χ3n) is 3.09. The summed E-state index contributed by atoms with van der Waals surface area (Å²) >= 11 is 3.58. The summed E-state index contributed by atoms with van der Waals surface area (Å²) in [5.41, 5.74) is 4.68. The van der Waals surface area contributed by atoms with Gasteiger partial charge in [0.1, 0.15) is 0 Å². The Balaban J connectivity index is 2.68. The van der Waals surface area contributed by atoms with E-state index >= 15 is 0 Å². The van der Waals surface area contributed by atoms with Crippen LogP contribution in [0, 0.1) is 6.92 Å². The maximum atomic E-state index is 4.80. The van der Waals surface area contributed by atoms with Crippen molar-refractivity contribution in [2.75, 3.05) is 11.9 Å². The minimum atomic E-state index is 0.930. The van der Waals surface area contributed by atoms with Gasteiger partial charge in [-0.05, 0) is 44.0 Å². The van der Waals surface area contributed by atoms with Crippen LogP contribution in [0.5, 0.6) is 0 Å². The van der Waals surface area contributed by atoms with E-state index < -0.39 is 0 Å².